The molecule has 1 radical (unpaired) electrons. The van der Waals surface area contributed by atoms with E-state index in [-0.39, 0.29) is 0 Å². The van der Waals surface area contributed by atoms with Crippen molar-refractivity contribution in [3.8, 4) is 11.5 Å². The molecular formula is C13H21O3Si2. The smallest absolute Gasteiger partial charge is 0.242 e. The molecule has 0 saturated carbocycles. The van der Waals surface area contributed by atoms with E-state index in [1.807, 2.05) is 12.4 Å². The zero-order valence-electron chi connectivity index (χ0n) is 12.0. The molecule has 0 atom stereocenters. The molecule has 0 spiro atoms. The van der Waals surface area contributed by atoms with E-state index in [1.165, 1.54) is 0 Å². The normalized spacial score (nSPS) is 12.1. The van der Waals surface area contributed by atoms with Crippen molar-refractivity contribution in [2.75, 3.05) is 0 Å². The summed E-state index contributed by atoms with van der Waals surface area (Å²) in [5, 5.41) is 0. The highest BCUT2D eigenvalue weighted by molar-refractivity contribution is 6.71. The maximum atomic E-state index is 11.2. The van der Waals surface area contributed by atoms with Crippen LogP contribution in [-0.2, 0) is 4.79 Å². The van der Waals surface area contributed by atoms with E-state index in [9.17, 15) is 4.79 Å². The molecule has 0 unspecified atom stereocenters. The molecule has 0 heterocycles. The van der Waals surface area contributed by atoms with Crippen LogP contribution < -0.4 is 8.85 Å². The van der Waals surface area contributed by atoms with E-state index in [2.05, 4.69) is 39.3 Å². The van der Waals surface area contributed by atoms with Crippen LogP contribution in [0, 0.1) is 0 Å². The highest BCUT2D eigenvalue weighted by Crippen LogP contribution is 2.30. The summed E-state index contributed by atoms with van der Waals surface area (Å²) in [5.74, 6) is 1.17. The maximum absolute atomic E-state index is 11.2. The molecule has 1 aromatic rings. The van der Waals surface area contributed by atoms with E-state index in [0.717, 1.165) is 0 Å². The lowest BCUT2D eigenvalue weighted by Crippen LogP contribution is -2.31. The molecule has 99 valence electrons. The molecule has 0 bridgehead atoms. The molecule has 1 aromatic carbocycles. The second-order valence-electron chi connectivity index (χ2n) is 6.16. The van der Waals surface area contributed by atoms with Crippen LogP contribution in [0.15, 0.2) is 18.2 Å². The van der Waals surface area contributed by atoms with Crippen LogP contribution in [0.3, 0.4) is 0 Å². The molecule has 0 amide bonds. The van der Waals surface area contributed by atoms with Crippen molar-refractivity contribution in [2.45, 2.75) is 39.3 Å². The van der Waals surface area contributed by atoms with Crippen LogP contribution in [0.4, 0.5) is 0 Å². The fourth-order valence-corrected chi connectivity index (χ4v) is 3.10. The Kier molecular flexibility index (Phi) is 4.39. The van der Waals surface area contributed by atoms with Gasteiger partial charge in [0.05, 0.1) is 0 Å². The minimum atomic E-state index is -1.75. The first-order chi connectivity index (χ1) is 8.12. The molecule has 3 nitrogen and oxygen atoms in total. The molecule has 0 aliphatic heterocycles. The Hall–Kier alpha value is -1.08. The van der Waals surface area contributed by atoms with Crippen LogP contribution in [0.5, 0.6) is 11.5 Å². The van der Waals surface area contributed by atoms with Crippen molar-refractivity contribution in [3.05, 3.63) is 23.8 Å². The zero-order chi connectivity index (χ0) is 14.0. The van der Waals surface area contributed by atoms with Gasteiger partial charge in [-0.3, -0.25) is 4.79 Å². The van der Waals surface area contributed by atoms with Gasteiger partial charge in [0.1, 0.15) is 17.1 Å². The number of hydrogen-bond acceptors (Lipinski definition) is 3. The van der Waals surface area contributed by atoms with E-state index >= 15 is 0 Å². The number of benzene rings is 1. The predicted molar refractivity (Wildman–Crippen MR) is 79.2 cm³/mol. The molecular weight excluding hydrogens is 260 g/mol. The molecule has 18 heavy (non-hydrogen) atoms. The van der Waals surface area contributed by atoms with Gasteiger partial charge in [0.15, 0.2) is 0 Å². The van der Waals surface area contributed by atoms with Crippen LogP contribution in [-0.4, -0.2) is 22.9 Å². The number of rotatable bonds is 5. The van der Waals surface area contributed by atoms with Crippen LogP contribution in [0.25, 0.3) is 0 Å². The summed E-state index contributed by atoms with van der Waals surface area (Å²) in [6.45, 7) is 12.5. The quantitative estimate of drug-likeness (QED) is 0.774. The molecule has 0 N–H and O–H groups in total. The van der Waals surface area contributed by atoms with E-state index in [4.69, 9.17) is 8.85 Å². The van der Waals surface area contributed by atoms with Gasteiger partial charge in [0.25, 0.3) is 0 Å². The molecule has 5 heteroatoms. The standard InChI is InChI=1S/C13H21O3Si2/c1-17(2,3)15-12-8-7-9-13(11(12)10-14)16-18(4,5)6/h7-9H,1-6H3. The Morgan fingerprint density at radius 2 is 1.28 bits per heavy atom. The van der Waals surface area contributed by atoms with E-state index in [0.29, 0.717) is 17.1 Å². The second kappa shape index (κ2) is 5.28. The van der Waals surface area contributed by atoms with Gasteiger partial charge in [-0.15, -0.1) is 0 Å². The van der Waals surface area contributed by atoms with Crippen LogP contribution in [0.1, 0.15) is 5.56 Å². The minimum Gasteiger partial charge on any atom is -0.544 e. The van der Waals surface area contributed by atoms with Crippen molar-refractivity contribution >= 4 is 22.9 Å². The van der Waals surface area contributed by atoms with Crippen molar-refractivity contribution in [2.24, 2.45) is 0 Å². The number of hydrogen-bond donors (Lipinski definition) is 0. The van der Waals surface area contributed by atoms with E-state index in [1.54, 1.807) is 12.1 Å². The highest BCUT2D eigenvalue weighted by Gasteiger charge is 2.23. The second-order valence-corrected chi connectivity index (χ2v) is 15.0. The predicted octanol–water partition coefficient (Wildman–Crippen LogP) is 3.57. The topological polar surface area (TPSA) is 35.5 Å². The molecule has 0 aromatic heterocycles. The fourth-order valence-electron chi connectivity index (χ4n) is 1.44. The summed E-state index contributed by atoms with van der Waals surface area (Å²) in [6, 6.07) is 5.46. The first kappa shape index (κ1) is 15.0. The van der Waals surface area contributed by atoms with Crippen molar-refractivity contribution < 1.29 is 13.6 Å². The van der Waals surface area contributed by atoms with Gasteiger partial charge in [-0.25, -0.2) is 0 Å². The third-order valence-corrected chi connectivity index (χ3v) is 3.59. The summed E-state index contributed by atoms with van der Waals surface area (Å²) in [5.41, 5.74) is 0.405. The van der Waals surface area contributed by atoms with Gasteiger partial charge in [0.2, 0.25) is 22.9 Å². The Balaban J connectivity index is 3.14. The van der Waals surface area contributed by atoms with E-state index < -0.39 is 16.6 Å². The Morgan fingerprint density at radius 3 is 1.56 bits per heavy atom. The van der Waals surface area contributed by atoms with Crippen LogP contribution in [0.2, 0.25) is 39.3 Å². The average molecular weight is 281 g/mol. The molecule has 0 aliphatic rings. The average Bonchev–Trinajstić information content (AvgIpc) is 2.12. The number of carbonyl (C=O) groups excluding carboxylic acids is 1. The molecule has 0 fully saturated rings. The highest BCUT2D eigenvalue weighted by atomic mass is 28.4. The third-order valence-electron chi connectivity index (χ3n) is 1.92. The Morgan fingerprint density at radius 1 is 0.889 bits per heavy atom. The molecule has 0 aliphatic carbocycles. The fraction of sp³-hybridized carbons (Fsp3) is 0.462. The summed E-state index contributed by atoms with van der Waals surface area (Å²) < 4.78 is 11.8. The lowest BCUT2D eigenvalue weighted by molar-refractivity contribution is 0.521. The van der Waals surface area contributed by atoms with Crippen LogP contribution >= 0.6 is 0 Å². The van der Waals surface area contributed by atoms with Crippen molar-refractivity contribution in [1.82, 2.24) is 0 Å². The summed E-state index contributed by atoms with van der Waals surface area (Å²) in [7, 11) is -3.50. The van der Waals surface area contributed by atoms with Gasteiger partial charge >= 0.3 is 0 Å². The van der Waals surface area contributed by atoms with Crippen molar-refractivity contribution in [3.63, 3.8) is 0 Å². The first-order valence-electron chi connectivity index (χ1n) is 6.01. The summed E-state index contributed by atoms with van der Waals surface area (Å²) in [4.78, 5) is 11.2. The van der Waals surface area contributed by atoms with Crippen molar-refractivity contribution in [1.29, 1.82) is 0 Å². The Labute approximate surface area is 111 Å². The van der Waals surface area contributed by atoms with Gasteiger partial charge in [-0.1, -0.05) is 6.07 Å². The molecule has 0 saturated heterocycles. The maximum Gasteiger partial charge on any atom is 0.242 e. The first-order valence-corrected chi connectivity index (χ1v) is 12.8. The van der Waals surface area contributed by atoms with Gasteiger partial charge in [-0.2, -0.15) is 0 Å². The lowest BCUT2D eigenvalue weighted by Gasteiger charge is -2.24. The Bertz CT molecular complexity index is 397. The van der Waals surface area contributed by atoms with Gasteiger partial charge in [0, 0.05) is 0 Å². The third kappa shape index (κ3) is 4.66. The van der Waals surface area contributed by atoms with Gasteiger partial charge < -0.3 is 8.85 Å². The lowest BCUT2D eigenvalue weighted by atomic mass is 10.2. The SMILES string of the molecule is C[Si](C)(C)Oc1cccc(O[Si](C)(C)C)c1[C]=O. The zero-order valence-corrected chi connectivity index (χ0v) is 14.0. The summed E-state index contributed by atoms with van der Waals surface area (Å²) >= 11 is 0. The summed E-state index contributed by atoms with van der Waals surface area (Å²) in [6.07, 6.45) is 1.95. The molecule has 1 rings (SSSR count). The van der Waals surface area contributed by atoms with Gasteiger partial charge in [-0.05, 0) is 51.4 Å². The minimum absolute atomic E-state index is 0.405. The monoisotopic (exact) mass is 281 g/mol. The largest absolute Gasteiger partial charge is 0.544 e.